The second kappa shape index (κ2) is 7.95. The lowest BCUT2D eigenvalue weighted by atomic mass is 9.97. The zero-order valence-corrected chi connectivity index (χ0v) is 14.7. The largest absolute Gasteiger partial charge is 0.350 e. The first-order chi connectivity index (χ1) is 12.5. The Morgan fingerprint density at radius 1 is 1.15 bits per heavy atom. The highest BCUT2D eigenvalue weighted by Crippen LogP contribution is 2.16. The van der Waals surface area contributed by atoms with E-state index in [0.29, 0.717) is 24.3 Å². The molecular weight excluding hydrogens is 332 g/mol. The van der Waals surface area contributed by atoms with Gasteiger partial charge in [-0.25, -0.2) is 4.68 Å². The van der Waals surface area contributed by atoms with Gasteiger partial charge in [-0.1, -0.05) is 0 Å². The molecule has 2 aromatic rings. The van der Waals surface area contributed by atoms with Crippen molar-refractivity contribution in [3.8, 4) is 0 Å². The lowest BCUT2D eigenvalue weighted by Gasteiger charge is -2.16. The van der Waals surface area contributed by atoms with Crippen molar-refractivity contribution in [2.45, 2.75) is 39.2 Å². The zero-order valence-electron chi connectivity index (χ0n) is 14.7. The van der Waals surface area contributed by atoms with Crippen molar-refractivity contribution in [1.82, 2.24) is 15.1 Å². The van der Waals surface area contributed by atoms with Crippen molar-refractivity contribution < 1.29 is 9.59 Å². The molecule has 7 heteroatoms. The molecule has 7 nitrogen and oxygen atoms in total. The van der Waals surface area contributed by atoms with Crippen LogP contribution in [0.25, 0.3) is 0 Å². The Labute approximate surface area is 151 Å². The molecule has 1 aliphatic rings. The summed E-state index contributed by atoms with van der Waals surface area (Å²) < 4.78 is 1.42. The van der Waals surface area contributed by atoms with Gasteiger partial charge < -0.3 is 10.6 Å². The number of carbonyl (C=O) groups excluding carboxylic acids is 2. The summed E-state index contributed by atoms with van der Waals surface area (Å²) in [5.41, 5.74) is 3.06. The minimum Gasteiger partial charge on any atom is -0.350 e. The van der Waals surface area contributed by atoms with Gasteiger partial charge in [0.25, 0.3) is 11.5 Å². The summed E-state index contributed by atoms with van der Waals surface area (Å²) in [5, 5.41) is 9.87. The maximum atomic E-state index is 12.2. The first kappa shape index (κ1) is 17.8. The third kappa shape index (κ3) is 4.36. The van der Waals surface area contributed by atoms with Crippen LogP contribution in [-0.4, -0.2) is 28.1 Å². The summed E-state index contributed by atoms with van der Waals surface area (Å²) in [4.78, 5) is 35.3. The summed E-state index contributed by atoms with van der Waals surface area (Å²) >= 11 is 0. The Morgan fingerprint density at radius 2 is 1.88 bits per heavy atom. The van der Waals surface area contributed by atoms with Gasteiger partial charge in [-0.05, 0) is 55.5 Å². The second-order valence-electron chi connectivity index (χ2n) is 6.40. The third-order valence-corrected chi connectivity index (χ3v) is 4.35. The topological polar surface area (TPSA) is 93.1 Å². The Bertz CT molecular complexity index is 871. The molecule has 0 spiro atoms. The van der Waals surface area contributed by atoms with Crippen LogP contribution in [-0.2, 0) is 24.2 Å². The zero-order chi connectivity index (χ0) is 18.5. The number of aryl methyl sites for hydroxylation is 2. The van der Waals surface area contributed by atoms with Gasteiger partial charge in [-0.15, -0.1) is 0 Å². The van der Waals surface area contributed by atoms with E-state index in [0.717, 1.165) is 36.9 Å². The second-order valence-corrected chi connectivity index (χ2v) is 6.40. The normalized spacial score (nSPS) is 13.0. The lowest BCUT2D eigenvalue weighted by molar-refractivity contribution is -0.114. The Balaban J connectivity index is 1.57. The molecule has 1 aliphatic carbocycles. The van der Waals surface area contributed by atoms with Gasteiger partial charge in [0.15, 0.2) is 0 Å². The average Bonchev–Trinajstić information content (AvgIpc) is 2.62. The number of amides is 2. The lowest BCUT2D eigenvalue weighted by Crippen LogP contribution is -2.33. The fourth-order valence-corrected chi connectivity index (χ4v) is 3.05. The molecule has 2 N–H and O–H groups in total. The number of hydrogen-bond acceptors (Lipinski definition) is 4. The number of hydrogen-bond donors (Lipinski definition) is 2. The molecule has 0 fully saturated rings. The molecule has 0 saturated carbocycles. The number of aromatic nitrogens is 2. The Kier molecular flexibility index (Phi) is 5.46. The predicted molar refractivity (Wildman–Crippen MR) is 98.2 cm³/mol. The van der Waals surface area contributed by atoms with Gasteiger partial charge in [0.05, 0.1) is 12.2 Å². The highest BCUT2D eigenvalue weighted by molar-refractivity contribution is 5.95. The molecule has 3 rings (SSSR count). The smallest absolute Gasteiger partial charge is 0.267 e. The fourth-order valence-electron chi connectivity index (χ4n) is 3.05. The maximum Gasteiger partial charge on any atom is 0.267 e. The van der Waals surface area contributed by atoms with Crippen molar-refractivity contribution in [2.24, 2.45) is 0 Å². The van der Waals surface area contributed by atoms with Gasteiger partial charge in [0.2, 0.25) is 5.91 Å². The van der Waals surface area contributed by atoms with Crippen LogP contribution in [0.3, 0.4) is 0 Å². The van der Waals surface area contributed by atoms with E-state index in [1.54, 1.807) is 30.3 Å². The van der Waals surface area contributed by atoms with Gasteiger partial charge in [-0.2, -0.15) is 5.10 Å². The monoisotopic (exact) mass is 354 g/mol. The first-order valence-electron chi connectivity index (χ1n) is 8.79. The molecule has 0 aliphatic heterocycles. The minimum atomic E-state index is -0.231. The van der Waals surface area contributed by atoms with Gasteiger partial charge in [-0.3, -0.25) is 14.4 Å². The maximum absolute atomic E-state index is 12.2. The van der Waals surface area contributed by atoms with Crippen LogP contribution in [0, 0.1) is 0 Å². The fraction of sp³-hybridized carbons (Fsp3) is 0.368. The van der Waals surface area contributed by atoms with Crippen molar-refractivity contribution in [1.29, 1.82) is 0 Å². The number of carbonyl (C=O) groups is 2. The van der Waals surface area contributed by atoms with Crippen LogP contribution < -0.4 is 16.2 Å². The molecule has 0 saturated heterocycles. The van der Waals surface area contributed by atoms with Crippen LogP contribution in [0.5, 0.6) is 0 Å². The van der Waals surface area contributed by atoms with Crippen molar-refractivity contribution >= 4 is 17.5 Å². The Morgan fingerprint density at radius 3 is 2.62 bits per heavy atom. The van der Waals surface area contributed by atoms with Crippen molar-refractivity contribution in [3.63, 3.8) is 0 Å². The Hall–Kier alpha value is -2.96. The van der Waals surface area contributed by atoms with Crippen molar-refractivity contribution in [2.75, 3.05) is 11.9 Å². The van der Waals surface area contributed by atoms with E-state index in [4.69, 9.17) is 0 Å². The number of anilines is 1. The molecule has 2 amide bonds. The standard InChI is InChI=1S/C19H22N4O3/c1-13(24)21-16-8-6-14(7-9-16)19(26)20-10-11-23-18(25)12-15-4-2-3-5-17(15)22-23/h6-9,12H,2-5,10-11H2,1H3,(H,20,26)(H,21,24). The molecule has 26 heavy (non-hydrogen) atoms. The number of nitrogens with one attached hydrogen (secondary N) is 2. The molecule has 0 bridgehead atoms. The number of fused-ring (bicyclic) bond motifs is 1. The van der Waals surface area contributed by atoms with Crippen LogP contribution >= 0.6 is 0 Å². The van der Waals surface area contributed by atoms with E-state index in [2.05, 4.69) is 15.7 Å². The molecule has 1 heterocycles. The van der Waals surface area contributed by atoms with Crippen LogP contribution in [0.2, 0.25) is 0 Å². The van der Waals surface area contributed by atoms with Gasteiger partial charge in [0.1, 0.15) is 0 Å². The van der Waals surface area contributed by atoms with Crippen LogP contribution in [0.4, 0.5) is 5.69 Å². The summed E-state index contributed by atoms with van der Waals surface area (Å²) in [5.74, 6) is -0.393. The quantitative estimate of drug-likeness (QED) is 0.851. The summed E-state index contributed by atoms with van der Waals surface area (Å²) in [6.45, 7) is 2.08. The molecule has 136 valence electrons. The average molecular weight is 354 g/mol. The SMILES string of the molecule is CC(=O)Nc1ccc(C(=O)NCCn2nc3c(cc2=O)CCCC3)cc1. The molecule has 0 atom stereocenters. The minimum absolute atomic E-state index is 0.125. The van der Waals surface area contributed by atoms with E-state index in [-0.39, 0.29) is 17.4 Å². The highest BCUT2D eigenvalue weighted by atomic mass is 16.2. The molecule has 0 unspecified atom stereocenters. The third-order valence-electron chi connectivity index (χ3n) is 4.35. The van der Waals surface area contributed by atoms with Gasteiger partial charge >= 0.3 is 0 Å². The van der Waals surface area contributed by atoms with E-state index in [1.165, 1.54) is 11.6 Å². The summed E-state index contributed by atoms with van der Waals surface area (Å²) in [6, 6.07) is 8.30. The van der Waals surface area contributed by atoms with E-state index in [1.807, 2.05) is 0 Å². The van der Waals surface area contributed by atoms with Crippen LogP contribution in [0.15, 0.2) is 35.1 Å². The van der Waals surface area contributed by atoms with E-state index in [9.17, 15) is 14.4 Å². The number of nitrogens with zero attached hydrogens (tertiary/aromatic N) is 2. The molecule has 1 aromatic carbocycles. The van der Waals surface area contributed by atoms with Gasteiger partial charge in [0, 0.05) is 30.8 Å². The molecular formula is C19H22N4O3. The highest BCUT2D eigenvalue weighted by Gasteiger charge is 2.13. The molecule has 1 aromatic heterocycles. The summed E-state index contributed by atoms with van der Waals surface area (Å²) in [6.07, 6.45) is 4.03. The van der Waals surface area contributed by atoms with E-state index >= 15 is 0 Å². The number of rotatable bonds is 5. The predicted octanol–water partition coefficient (Wildman–Crippen LogP) is 1.51. The number of benzene rings is 1. The van der Waals surface area contributed by atoms with Crippen LogP contribution in [0.1, 0.15) is 41.4 Å². The first-order valence-corrected chi connectivity index (χ1v) is 8.79. The van der Waals surface area contributed by atoms with Crippen molar-refractivity contribution in [3.05, 3.63) is 57.5 Å². The summed E-state index contributed by atoms with van der Waals surface area (Å²) in [7, 11) is 0. The molecule has 0 radical (unpaired) electrons. The van der Waals surface area contributed by atoms with E-state index < -0.39 is 0 Å².